The Morgan fingerprint density at radius 2 is 2.00 bits per heavy atom. The molecule has 7 nitrogen and oxygen atoms in total. The van der Waals surface area contributed by atoms with E-state index in [1.807, 2.05) is 0 Å². The number of pyridine rings is 2. The summed E-state index contributed by atoms with van der Waals surface area (Å²) in [5.74, 6) is -0.516. The quantitative estimate of drug-likeness (QED) is 0.679. The van der Waals surface area contributed by atoms with Crippen molar-refractivity contribution >= 4 is 27.9 Å². The van der Waals surface area contributed by atoms with Gasteiger partial charge in [-0.2, -0.15) is 0 Å². The minimum atomic E-state index is -0.516. The molecule has 3 heterocycles. The van der Waals surface area contributed by atoms with E-state index in [0.717, 1.165) is 0 Å². The van der Waals surface area contributed by atoms with Crippen LogP contribution in [0.5, 0.6) is 0 Å². The van der Waals surface area contributed by atoms with E-state index < -0.39 is 5.97 Å². The number of aryl methyl sites for hydroxylation is 3. The van der Waals surface area contributed by atoms with Crippen LogP contribution in [-0.2, 0) is 11.8 Å². The molecule has 7 heteroatoms. The molecule has 108 valence electrons. The lowest BCUT2D eigenvalue weighted by Gasteiger charge is -2.11. The zero-order chi connectivity index (χ0) is 15.3. The summed E-state index contributed by atoms with van der Waals surface area (Å²) in [6, 6.07) is 0. The molecular weight excluding hydrogens is 272 g/mol. The van der Waals surface area contributed by atoms with Crippen molar-refractivity contribution < 1.29 is 9.53 Å². The number of esters is 1. The third kappa shape index (κ3) is 1.74. The van der Waals surface area contributed by atoms with Crippen LogP contribution in [0, 0.1) is 13.8 Å². The van der Waals surface area contributed by atoms with Gasteiger partial charge >= 0.3 is 5.97 Å². The Kier molecular flexibility index (Phi) is 2.79. The summed E-state index contributed by atoms with van der Waals surface area (Å²) in [5, 5.41) is 0.919. The number of H-pyrrole nitrogens is 1. The zero-order valence-corrected chi connectivity index (χ0v) is 12.1. The predicted octanol–water partition coefficient (Wildman–Crippen LogP) is 1.21. The van der Waals surface area contributed by atoms with Crippen molar-refractivity contribution in [2.75, 3.05) is 7.11 Å². The van der Waals surface area contributed by atoms with Gasteiger partial charge in [-0.05, 0) is 13.8 Å². The van der Waals surface area contributed by atoms with Gasteiger partial charge in [0.25, 0.3) is 5.56 Å². The average Bonchev–Trinajstić information content (AvgIpc) is 2.78. The number of aromatic amines is 1. The maximum Gasteiger partial charge on any atom is 0.340 e. The first-order valence-corrected chi connectivity index (χ1v) is 6.38. The SMILES string of the molecule is COC(=O)c1c(C)nc(C)c2c(=O)[nH]c3ncn(C)c3c12. The number of aromatic nitrogens is 4. The summed E-state index contributed by atoms with van der Waals surface area (Å²) in [5.41, 5.74) is 2.20. The maximum absolute atomic E-state index is 12.3. The fraction of sp³-hybridized carbons (Fsp3) is 0.286. The highest BCUT2D eigenvalue weighted by Gasteiger charge is 2.22. The van der Waals surface area contributed by atoms with Gasteiger partial charge in [0, 0.05) is 12.4 Å². The lowest BCUT2D eigenvalue weighted by atomic mass is 10.0. The maximum atomic E-state index is 12.3. The molecule has 3 aromatic heterocycles. The molecule has 0 saturated heterocycles. The van der Waals surface area contributed by atoms with Crippen LogP contribution in [0.15, 0.2) is 11.1 Å². The third-order valence-electron chi connectivity index (χ3n) is 3.58. The average molecular weight is 286 g/mol. The molecule has 3 aromatic rings. The van der Waals surface area contributed by atoms with Crippen LogP contribution in [-0.4, -0.2) is 32.6 Å². The van der Waals surface area contributed by atoms with Crippen LogP contribution >= 0.6 is 0 Å². The Morgan fingerprint density at radius 3 is 2.67 bits per heavy atom. The number of fused-ring (bicyclic) bond motifs is 3. The topological polar surface area (TPSA) is 89.9 Å². The number of nitrogens with one attached hydrogen (secondary N) is 1. The number of imidazole rings is 1. The van der Waals surface area contributed by atoms with Crippen LogP contribution in [0.25, 0.3) is 21.9 Å². The summed E-state index contributed by atoms with van der Waals surface area (Å²) in [6.07, 6.45) is 1.59. The fourth-order valence-corrected chi connectivity index (χ4v) is 2.70. The smallest absolute Gasteiger partial charge is 0.340 e. The lowest BCUT2D eigenvalue weighted by Crippen LogP contribution is -2.15. The van der Waals surface area contributed by atoms with Crippen LogP contribution in [0.3, 0.4) is 0 Å². The monoisotopic (exact) mass is 286 g/mol. The van der Waals surface area contributed by atoms with Crippen molar-refractivity contribution in [3.8, 4) is 0 Å². The van der Waals surface area contributed by atoms with E-state index in [2.05, 4.69) is 15.0 Å². The molecule has 0 aliphatic carbocycles. The first kappa shape index (κ1) is 13.3. The van der Waals surface area contributed by atoms with Crippen LogP contribution in [0.2, 0.25) is 0 Å². The largest absolute Gasteiger partial charge is 0.465 e. The van der Waals surface area contributed by atoms with Crippen molar-refractivity contribution in [1.29, 1.82) is 0 Å². The Hall–Kier alpha value is -2.70. The summed E-state index contributed by atoms with van der Waals surface area (Å²) < 4.78 is 6.61. The van der Waals surface area contributed by atoms with Crippen LogP contribution in [0.1, 0.15) is 21.7 Å². The first-order valence-electron chi connectivity index (χ1n) is 6.38. The molecule has 1 N–H and O–H groups in total. The minimum Gasteiger partial charge on any atom is -0.465 e. The van der Waals surface area contributed by atoms with Crippen LogP contribution in [0.4, 0.5) is 0 Å². The summed E-state index contributed by atoms with van der Waals surface area (Å²) >= 11 is 0. The number of carbonyl (C=O) groups excluding carboxylic acids is 1. The Morgan fingerprint density at radius 1 is 1.29 bits per heavy atom. The van der Waals surface area contributed by atoms with Crippen molar-refractivity contribution in [3.05, 3.63) is 33.6 Å². The highest BCUT2D eigenvalue weighted by Crippen LogP contribution is 2.27. The van der Waals surface area contributed by atoms with Gasteiger partial charge in [0.2, 0.25) is 0 Å². The number of carbonyl (C=O) groups is 1. The van der Waals surface area contributed by atoms with E-state index in [9.17, 15) is 9.59 Å². The van der Waals surface area contributed by atoms with Gasteiger partial charge in [-0.1, -0.05) is 0 Å². The summed E-state index contributed by atoms with van der Waals surface area (Å²) in [4.78, 5) is 35.6. The summed E-state index contributed by atoms with van der Waals surface area (Å²) in [6.45, 7) is 3.47. The molecule has 0 spiro atoms. The van der Waals surface area contributed by atoms with Gasteiger partial charge in [0.1, 0.15) is 0 Å². The molecule has 21 heavy (non-hydrogen) atoms. The van der Waals surface area contributed by atoms with E-state index in [-0.39, 0.29) is 5.56 Å². The first-order chi connectivity index (χ1) is 9.95. The molecule has 0 atom stereocenters. The van der Waals surface area contributed by atoms with Gasteiger partial charge in [-0.25, -0.2) is 9.78 Å². The molecule has 0 unspecified atom stereocenters. The second-order valence-corrected chi connectivity index (χ2v) is 4.91. The van der Waals surface area contributed by atoms with E-state index in [1.54, 1.807) is 31.8 Å². The Bertz CT molecular complexity index is 952. The van der Waals surface area contributed by atoms with Gasteiger partial charge in [0.05, 0.1) is 41.3 Å². The number of rotatable bonds is 1. The molecule has 0 radical (unpaired) electrons. The Labute approximate surface area is 119 Å². The van der Waals surface area contributed by atoms with E-state index in [4.69, 9.17) is 4.74 Å². The zero-order valence-electron chi connectivity index (χ0n) is 12.1. The van der Waals surface area contributed by atoms with E-state index in [0.29, 0.717) is 38.9 Å². The second-order valence-electron chi connectivity index (χ2n) is 4.91. The molecule has 0 aromatic carbocycles. The fourth-order valence-electron chi connectivity index (χ4n) is 2.70. The number of hydrogen-bond acceptors (Lipinski definition) is 5. The van der Waals surface area contributed by atoms with Crippen LogP contribution < -0.4 is 5.56 Å². The highest BCUT2D eigenvalue weighted by atomic mass is 16.5. The minimum absolute atomic E-state index is 0.304. The molecular formula is C14H14N4O3. The van der Waals surface area contributed by atoms with Crippen molar-refractivity contribution in [2.24, 2.45) is 7.05 Å². The molecule has 0 aliphatic rings. The number of hydrogen-bond donors (Lipinski definition) is 1. The molecule has 0 aliphatic heterocycles. The van der Waals surface area contributed by atoms with Crippen molar-refractivity contribution in [3.63, 3.8) is 0 Å². The molecule has 3 rings (SSSR count). The second kappa shape index (κ2) is 4.41. The third-order valence-corrected chi connectivity index (χ3v) is 3.58. The van der Waals surface area contributed by atoms with E-state index >= 15 is 0 Å². The van der Waals surface area contributed by atoms with Gasteiger partial charge in [0.15, 0.2) is 5.65 Å². The number of methoxy groups -OCH3 is 1. The van der Waals surface area contributed by atoms with Crippen molar-refractivity contribution in [1.82, 2.24) is 19.5 Å². The summed E-state index contributed by atoms with van der Waals surface area (Å²) in [7, 11) is 3.11. The molecule has 0 amide bonds. The number of ether oxygens (including phenoxy) is 1. The van der Waals surface area contributed by atoms with E-state index in [1.165, 1.54) is 7.11 Å². The molecule has 0 fully saturated rings. The number of nitrogens with zero attached hydrogens (tertiary/aromatic N) is 3. The van der Waals surface area contributed by atoms with Gasteiger partial charge < -0.3 is 14.3 Å². The standard InChI is InChI=1S/C14H14N4O3/c1-6-8-10(9(7(2)16-6)14(20)21-4)11-12(17-13(8)19)15-5-18(11)3/h5H,1-4H3,(H,17,19). The predicted molar refractivity (Wildman–Crippen MR) is 77.4 cm³/mol. The van der Waals surface area contributed by atoms with Gasteiger partial charge in [-0.15, -0.1) is 0 Å². The molecule has 0 bridgehead atoms. The lowest BCUT2D eigenvalue weighted by molar-refractivity contribution is 0.0601. The molecule has 0 saturated carbocycles. The Balaban J connectivity index is 2.72. The van der Waals surface area contributed by atoms with Crippen molar-refractivity contribution in [2.45, 2.75) is 13.8 Å². The highest BCUT2D eigenvalue weighted by molar-refractivity contribution is 6.14. The normalized spacial score (nSPS) is 11.2. The van der Waals surface area contributed by atoms with Gasteiger partial charge in [-0.3, -0.25) is 9.78 Å².